The lowest BCUT2D eigenvalue weighted by Crippen LogP contribution is -1.99. The molecule has 0 fully saturated rings. The van der Waals surface area contributed by atoms with Gasteiger partial charge in [-0.15, -0.1) is 0 Å². The maximum Gasteiger partial charge on any atom is 0.0979 e. The molecule has 8 aromatic carbocycles. The summed E-state index contributed by atoms with van der Waals surface area (Å²) in [6.45, 7) is 0. The second kappa shape index (κ2) is 10.3. The first-order chi connectivity index (χ1) is 25.8. The number of para-hydroxylation sites is 4. The van der Waals surface area contributed by atoms with E-state index in [0.717, 1.165) is 50.0 Å². The number of fused-ring (bicyclic) bond motifs is 7. The molecule has 4 heterocycles. The third-order valence-electron chi connectivity index (χ3n) is 11.0. The number of rotatable bonds is 3. The number of hydrogen-bond acceptors (Lipinski definition) is 2. The van der Waals surface area contributed by atoms with Crippen molar-refractivity contribution in [3.8, 4) is 28.2 Å². The zero-order valence-corrected chi connectivity index (χ0v) is 28.0. The van der Waals surface area contributed by atoms with Gasteiger partial charge in [0.25, 0.3) is 0 Å². The van der Waals surface area contributed by atoms with Gasteiger partial charge in [-0.3, -0.25) is 0 Å². The van der Waals surface area contributed by atoms with Crippen LogP contribution in [0.1, 0.15) is 0 Å². The van der Waals surface area contributed by atoms with Gasteiger partial charge in [0.05, 0.1) is 55.7 Å². The van der Waals surface area contributed by atoms with Crippen LogP contribution in [0.5, 0.6) is 0 Å². The van der Waals surface area contributed by atoms with Crippen LogP contribution in [-0.4, -0.2) is 18.9 Å². The third-order valence-corrected chi connectivity index (χ3v) is 11.0. The first kappa shape index (κ1) is 27.7. The number of aromatic nitrogens is 4. The Balaban J connectivity index is 1.21. The quantitative estimate of drug-likeness (QED) is 0.189. The average Bonchev–Trinajstić information content (AvgIpc) is 3.69. The van der Waals surface area contributed by atoms with Crippen molar-refractivity contribution in [3.63, 3.8) is 0 Å². The van der Waals surface area contributed by atoms with Crippen LogP contribution in [0.15, 0.2) is 170 Å². The zero-order chi connectivity index (χ0) is 33.9. The van der Waals surface area contributed by atoms with Crippen molar-refractivity contribution in [2.24, 2.45) is 0 Å². The van der Waals surface area contributed by atoms with Crippen molar-refractivity contribution < 1.29 is 0 Å². The Hall–Kier alpha value is -7.04. The van der Waals surface area contributed by atoms with E-state index in [0.29, 0.717) is 0 Å². The Morgan fingerprint density at radius 3 is 1.73 bits per heavy atom. The summed E-state index contributed by atoms with van der Waals surface area (Å²) >= 11 is 0. The molecule has 0 saturated heterocycles. The normalized spacial score (nSPS) is 12.2. The molecule has 0 amide bonds. The van der Waals surface area contributed by atoms with E-state index >= 15 is 0 Å². The maximum absolute atomic E-state index is 5.29. The molecule has 0 aliphatic rings. The second-order valence-corrected chi connectivity index (χ2v) is 13.7. The van der Waals surface area contributed by atoms with Gasteiger partial charge in [0.1, 0.15) is 0 Å². The largest absolute Gasteiger partial charge is 0.309 e. The van der Waals surface area contributed by atoms with Crippen LogP contribution in [0.2, 0.25) is 0 Å². The van der Waals surface area contributed by atoms with E-state index in [1.807, 2.05) is 30.3 Å². The molecule has 12 rings (SSSR count). The number of hydrogen-bond donors (Lipinski definition) is 0. The van der Waals surface area contributed by atoms with Gasteiger partial charge in [-0.2, -0.15) is 0 Å². The van der Waals surface area contributed by atoms with Crippen LogP contribution < -0.4 is 0 Å². The van der Waals surface area contributed by atoms with Gasteiger partial charge in [0.2, 0.25) is 0 Å². The minimum Gasteiger partial charge on any atom is -0.309 e. The lowest BCUT2D eigenvalue weighted by Gasteiger charge is -2.16. The molecule has 0 N–H and O–H groups in total. The number of benzene rings is 8. The average molecular weight is 661 g/mol. The van der Waals surface area contributed by atoms with Gasteiger partial charge in [0, 0.05) is 43.4 Å². The molecule has 52 heavy (non-hydrogen) atoms. The Labute approximate surface area is 297 Å². The molecular formula is C48H28N4. The molecule has 12 aromatic rings. The summed E-state index contributed by atoms with van der Waals surface area (Å²) in [7, 11) is 0. The van der Waals surface area contributed by atoms with Gasteiger partial charge < -0.3 is 8.97 Å². The predicted octanol–water partition coefficient (Wildman–Crippen LogP) is 12.4. The van der Waals surface area contributed by atoms with Crippen LogP contribution in [-0.2, 0) is 0 Å². The van der Waals surface area contributed by atoms with E-state index in [9.17, 15) is 0 Å². The highest BCUT2D eigenvalue weighted by Crippen LogP contribution is 2.45. The summed E-state index contributed by atoms with van der Waals surface area (Å²) in [6, 6.07) is 61.0. The Morgan fingerprint density at radius 2 is 0.904 bits per heavy atom. The van der Waals surface area contributed by atoms with Gasteiger partial charge in [-0.25, -0.2) is 9.97 Å². The predicted molar refractivity (Wildman–Crippen MR) is 217 cm³/mol. The molecule has 0 aliphatic heterocycles. The Kier molecular flexibility index (Phi) is 5.47. The smallest absolute Gasteiger partial charge is 0.0979 e. The maximum atomic E-state index is 5.29. The molecule has 0 atom stereocenters. The van der Waals surface area contributed by atoms with Gasteiger partial charge in [0.15, 0.2) is 0 Å². The summed E-state index contributed by atoms with van der Waals surface area (Å²) in [6.07, 6.45) is 0. The molecule has 4 aromatic heterocycles. The van der Waals surface area contributed by atoms with E-state index < -0.39 is 0 Å². The highest BCUT2D eigenvalue weighted by atomic mass is 15.0. The van der Waals surface area contributed by atoms with Crippen LogP contribution in [0.4, 0.5) is 0 Å². The molecular weight excluding hydrogens is 633 g/mol. The first-order valence-electron chi connectivity index (χ1n) is 17.8. The fourth-order valence-corrected chi connectivity index (χ4v) is 8.92. The first-order valence-corrected chi connectivity index (χ1v) is 17.8. The van der Waals surface area contributed by atoms with Crippen molar-refractivity contribution in [2.75, 3.05) is 0 Å². The second-order valence-electron chi connectivity index (χ2n) is 13.7. The van der Waals surface area contributed by atoms with Crippen molar-refractivity contribution >= 4 is 81.7 Å². The SMILES string of the molecule is c1ccc(-c2nc3ccccc3nc2-c2ccc(-n3c4cccc5c6cccc7c8ccccc8n(c8cccc3c8c54)c67)c3ccccc23)cc1. The van der Waals surface area contributed by atoms with Gasteiger partial charge >= 0.3 is 0 Å². The lowest BCUT2D eigenvalue weighted by molar-refractivity contribution is 1.20. The summed E-state index contributed by atoms with van der Waals surface area (Å²) in [5, 5.41) is 9.95. The van der Waals surface area contributed by atoms with E-state index in [-0.39, 0.29) is 0 Å². The minimum absolute atomic E-state index is 0.883. The van der Waals surface area contributed by atoms with Crippen LogP contribution >= 0.6 is 0 Å². The van der Waals surface area contributed by atoms with Gasteiger partial charge in [-0.1, -0.05) is 121 Å². The minimum atomic E-state index is 0.883. The van der Waals surface area contributed by atoms with E-state index in [4.69, 9.17) is 9.97 Å². The van der Waals surface area contributed by atoms with Crippen LogP contribution in [0, 0.1) is 0 Å². The molecule has 240 valence electrons. The standard InChI is InChI=1S/C48H28N4/c1-2-13-29(14-3-1)46-47(50-38-22-8-7-21-37(38)49-46)34-27-28-40(31-16-5-4-15-30(31)34)51-41-24-11-18-33-36-20-10-19-35-32-17-6-9-23-39(32)52(48(35)36)43-26-12-25-42(51)45(43)44(33)41/h1-28H. The number of nitrogens with zero attached hydrogens (tertiary/aromatic N) is 4. The van der Waals surface area contributed by atoms with E-state index in [1.165, 1.54) is 59.9 Å². The van der Waals surface area contributed by atoms with Crippen LogP contribution in [0.25, 0.3) is 110 Å². The molecule has 0 aliphatic carbocycles. The van der Waals surface area contributed by atoms with E-state index in [1.54, 1.807) is 0 Å². The molecule has 4 heteroatoms. The van der Waals surface area contributed by atoms with Crippen molar-refractivity contribution in [2.45, 2.75) is 0 Å². The van der Waals surface area contributed by atoms with Crippen LogP contribution in [0.3, 0.4) is 0 Å². The van der Waals surface area contributed by atoms with Crippen molar-refractivity contribution in [3.05, 3.63) is 170 Å². The molecule has 0 radical (unpaired) electrons. The summed E-state index contributed by atoms with van der Waals surface area (Å²) < 4.78 is 4.97. The zero-order valence-electron chi connectivity index (χ0n) is 28.0. The fourth-order valence-electron chi connectivity index (χ4n) is 8.92. The highest BCUT2D eigenvalue weighted by molar-refractivity contribution is 6.31. The Morgan fingerprint density at radius 1 is 0.346 bits per heavy atom. The van der Waals surface area contributed by atoms with Crippen molar-refractivity contribution in [1.29, 1.82) is 0 Å². The summed E-state index contributed by atoms with van der Waals surface area (Å²) in [5.74, 6) is 0. The molecule has 0 spiro atoms. The topological polar surface area (TPSA) is 35.1 Å². The Bertz CT molecular complexity index is 3410. The van der Waals surface area contributed by atoms with Crippen molar-refractivity contribution in [1.82, 2.24) is 18.9 Å². The molecule has 4 nitrogen and oxygen atoms in total. The monoisotopic (exact) mass is 660 g/mol. The molecule has 0 bridgehead atoms. The molecule has 0 unspecified atom stereocenters. The fraction of sp³-hybridized carbons (Fsp3) is 0. The third kappa shape index (κ3) is 3.60. The van der Waals surface area contributed by atoms with Gasteiger partial charge in [-0.05, 0) is 59.3 Å². The summed E-state index contributed by atoms with van der Waals surface area (Å²) in [5.41, 5.74) is 12.9. The lowest BCUT2D eigenvalue weighted by atomic mass is 9.96. The molecule has 0 saturated carbocycles. The highest BCUT2D eigenvalue weighted by Gasteiger charge is 2.23. The van der Waals surface area contributed by atoms with E-state index in [2.05, 4.69) is 148 Å². The summed E-state index contributed by atoms with van der Waals surface area (Å²) in [4.78, 5) is 10.5.